The Morgan fingerprint density at radius 1 is 1.23 bits per heavy atom. The highest BCUT2D eigenvalue weighted by atomic mass is 16.2. The van der Waals surface area contributed by atoms with Crippen LogP contribution in [0.15, 0.2) is 18.2 Å². The molecule has 1 aliphatic heterocycles. The van der Waals surface area contributed by atoms with Gasteiger partial charge in [0.2, 0.25) is 0 Å². The van der Waals surface area contributed by atoms with Crippen molar-refractivity contribution in [2.24, 2.45) is 5.92 Å². The third-order valence-electron chi connectivity index (χ3n) is 5.38. The van der Waals surface area contributed by atoms with Gasteiger partial charge >= 0.3 is 0 Å². The Morgan fingerprint density at radius 2 is 1.91 bits per heavy atom. The van der Waals surface area contributed by atoms with Crippen LogP contribution in [-0.4, -0.2) is 48.4 Å². The van der Waals surface area contributed by atoms with Gasteiger partial charge in [0.1, 0.15) is 0 Å². The molecule has 1 aliphatic carbocycles. The molecule has 0 bridgehead atoms. The predicted molar refractivity (Wildman–Crippen MR) is 90.2 cm³/mol. The zero-order chi connectivity index (χ0) is 15.7. The maximum absolute atomic E-state index is 12.9. The number of hydrogen-bond donors (Lipinski definition) is 0. The van der Waals surface area contributed by atoms with Crippen LogP contribution < -0.4 is 0 Å². The number of likely N-dealkylation sites (tertiary alicyclic amines) is 1. The molecule has 2 fully saturated rings. The summed E-state index contributed by atoms with van der Waals surface area (Å²) in [5.74, 6) is 0.889. The maximum atomic E-state index is 12.9. The van der Waals surface area contributed by atoms with Crippen LogP contribution in [0, 0.1) is 19.8 Å². The van der Waals surface area contributed by atoms with E-state index in [0.717, 1.165) is 12.1 Å². The molecule has 22 heavy (non-hydrogen) atoms. The molecule has 3 rings (SSSR count). The van der Waals surface area contributed by atoms with Crippen molar-refractivity contribution in [1.82, 2.24) is 9.80 Å². The molecular formula is C19H28N2O. The van der Waals surface area contributed by atoms with E-state index >= 15 is 0 Å². The monoisotopic (exact) mass is 300 g/mol. The quantitative estimate of drug-likeness (QED) is 0.833. The van der Waals surface area contributed by atoms with E-state index in [-0.39, 0.29) is 5.91 Å². The van der Waals surface area contributed by atoms with Gasteiger partial charge in [-0.2, -0.15) is 0 Å². The van der Waals surface area contributed by atoms with Crippen molar-refractivity contribution in [2.75, 3.05) is 26.7 Å². The second-order valence-electron chi connectivity index (χ2n) is 7.13. The number of carbonyl (C=O) groups excluding carboxylic acids is 1. The molecule has 0 aromatic heterocycles. The number of amides is 1. The van der Waals surface area contributed by atoms with Crippen LogP contribution in [0.25, 0.3) is 0 Å². The number of benzene rings is 1. The zero-order valence-corrected chi connectivity index (χ0v) is 14.1. The lowest BCUT2D eigenvalue weighted by molar-refractivity contribution is 0.0672. The lowest BCUT2D eigenvalue weighted by Crippen LogP contribution is -2.45. The predicted octanol–water partition coefficient (Wildman–Crippen LogP) is 3.25. The number of nitrogens with zero attached hydrogens (tertiary/aromatic N) is 2. The Bertz CT molecular complexity index is 544. The molecule has 1 aromatic rings. The summed E-state index contributed by atoms with van der Waals surface area (Å²) in [6, 6.07) is 6.45. The van der Waals surface area contributed by atoms with Crippen LogP contribution in [-0.2, 0) is 0 Å². The number of hydrogen-bond acceptors (Lipinski definition) is 2. The van der Waals surface area contributed by atoms with Gasteiger partial charge in [0.15, 0.2) is 0 Å². The van der Waals surface area contributed by atoms with E-state index in [1.165, 1.54) is 49.9 Å². The zero-order valence-electron chi connectivity index (χ0n) is 14.1. The molecule has 120 valence electrons. The van der Waals surface area contributed by atoms with Gasteiger partial charge < -0.3 is 9.80 Å². The van der Waals surface area contributed by atoms with Crippen molar-refractivity contribution in [1.29, 1.82) is 0 Å². The van der Waals surface area contributed by atoms with Gasteiger partial charge in [-0.05, 0) is 81.8 Å². The molecule has 0 N–H and O–H groups in total. The third-order valence-corrected chi connectivity index (χ3v) is 5.38. The maximum Gasteiger partial charge on any atom is 0.253 e. The summed E-state index contributed by atoms with van der Waals surface area (Å²) in [5.41, 5.74) is 3.27. The van der Waals surface area contributed by atoms with Crippen molar-refractivity contribution < 1.29 is 4.79 Å². The van der Waals surface area contributed by atoms with Gasteiger partial charge in [-0.15, -0.1) is 0 Å². The second kappa shape index (κ2) is 6.41. The van der Waals surface area contributed by atoms with Crippen molar-refractivity contribution >= 4 is 5.91 Å². The average Bonchev–Trinajstić information content (AvgIpc) is 3.22. The number of likely N-dealkylation sites (N-methyl/N-ethyl adjacent to an activating group) is 1. The van der Waals surface area contributed by atoms with Gasteiger partial charge in [-0.3, -0.25) is 4.79 Å². The minimum Gasteiger partial charge on any atom is -0.337 e. The fraction of sp³-hybridized carbons (Fsp3) is 0.632. The minimum atomic E-state index is 0.180. The molecule has 1 saturated carbocycles. The molecule has 1 amide bonds. The molecule has 1 unspecified atom stereocenters. The molecule has 2 aliphatic rings. The van der Waals surface area contributed by atoms with Crippen LogP contribution in [0.3, 0.4) is 0 Å². The second-order valence-corrected chi connectivity index (χ2v) is 7.13. The molecule has 0 radical (unpaired) electrons. The largest absolute Gasteiger partial charge is 0.337 e. The van der Waals surface area contributed by atoms with Crippen molar-refractivity contribution in [2.45, 2.75) is 45.6 Å². The van der Waals surface area contributed by atoms with E-state index in [1.807, 2.05) is 24.1 Å². The Balaban J connectivity index is 1.72. The van der Waals surface area contributed by atoms with Crippen molar-refractivity contribution in [3.63, 3.8) is 0 Å². The normalized spacial score (nSPS) is 20.1. The summed E-state index contributed by atoms with van der Waals surface area (Å²) in [7, 11) is 2.00. The number of rotatable bonds is 5. The SMILES string of the molecule is Cc1ccc(C(=O)N(C)C(CN2CCCC2)C2CC2)cc1C. The smallest absolute Gasteiger partial charge is 0.253 e. The Morgan fingerprint density at radius 3 is 2.50 bits per heavy atom. The molecule has 1 aromatic carbocycles. The van der Waals surface area contributed by atoms with E-state index in [0.29, 0.717) is 12.0 Å². The van der Waals surface area contributed by atoms with E-state index < -0.39 is 0 Å². The standard InChI is InChI=1S/C19H28N2O/c1-14-6-7-17(12-15(14)2)19(22)20(3)18(16-8-9-16)13-21-10-4-5-11-21/h6-7,12,16,18H,4-5,8-11,13H2,1-3H3. The lowest BCUT2D eigenvalue weighted by atomic mass is 10.0. The minimum absolute atomic E-state index is 0.180. The molecule has 1 heterocycles. The van der Waals surface area contributed by atoms with E-state index in [4.69, 9.17) is 0 Å². The third kappa shape index (κ3) is 3.35. The van der Waals surface area contributed by atoms with Gasteiger partial charge in [0.05, 0.1) is 0 Å². The van der Waals surface area contributed by atoms with Crippen LogP contribution in [0.2, 0.25) is 0 Å². The Labute approximate surface area is 134 Å². The van der Waals surface area contributed by atoms with Crippen LogP contribution in [0.1, 0.15) is 47.2 Å². The van der Waals surface area contributed by atoms with Gasteiger partial charge in [-0.1, -0.05) is 6.07 Å². The van der Waals surface area contributed by atoms with Crippen LogP contribution in [0.5, 0.6) is 0 Å². The first-order valence-electron chi connectivity index (χ1n) is 8.63. The van der Waals surface area contributed by atoms with Crippen molar-refractivity contribution in [3.05, 3.63) is 34.9 Å². The fourth-order valence-corrected chi connectivity index (χ4v) is 3.53. The highest BCUT2D eigenvalue weighted by Gasteiger charge is 2.37. The van der Waals surface area contributed by atoms with Crippen LogP contribution in [0.4, 0.5) is 0 Å². The number of carbonyl (C=O) groups is 1. The first kappa shape index (κ1) is 15.5. The summed E-state index contributed by atoms with van der Waals surface area (Å²) in [5, 5.41) is 0. The van der Waals surface area contributed by atoms with E-state index in [9.17, 15) is 4.79 Å². The van der Waals surface area contributed by atoms with Gasteiger partial charge in [0, 0.05) is 25.2 Å². The Hall–Kier alpha value is -1.35. The Kier molecular flexibility index (Phi) is 4.53. The summed E-state index contributed by atoms with van der Waals surface area (Å²) in [4.78, 5) is 17.4. The van der Waals surface area contributed by atoms with Crippen LogP contribution >= 0.6 is 0 Å². The lowest BCUT2D eigenvalue weighted by Gasteiger charge is -2.32. The molecule has 1 atom stereocenters. The number of aryl methyl sites for hydroxylation is 2. The summed E-state index contributed by atoms with van der Waals surface area (Å²) >= 11 is 0. The first-order chi connectivity index (χ1) is 10.6. The topological polar surface area (TPSA) is 23.6 Å². The molecule has 3 nitrogen and oxygen atoms in total. The average molecular weight is 300 g/mol. The highest BCUT2D eigenvalue weighted by Crippen LogP contribution is 2.36. The summed E-state index contributed by atoms with van der Waals surface area (Å²) < 4.78 is 0. The van der Waals surface area contributed by atoms with Gasteiger partial charge in [0.25, 0.3) is 5.91 Å². The highest BCUT2D eigenvalue weighted by molar-refractivity contribution is 5.94. The van der Waals surface area contributed by atoms with E-state index in [1.54, 1.807) is 0 Å². The van der Waals surface area contributed by atoms with E-state index in [2.05, 4.69) is 24.8 Å². The first-order valence-corrected chi connectivity index (χ1v) is 8.63. The molecule has 3 heteroatoms. The molecular weight excluding hydrogens is 272 g/mol. The van der Waals surface area contributed by atoms with Crippen molar-refractivity contribution in [3.8, 4) is 0 Å². The van der Waals surface area contributed by atoms with Gasteiger partial charge in [-0.25, -0.2) is 0 Å². The summed E-state index contributed by atoms with van der Waals surface area (Å²) in [6.45, 7) is 7.63. The molecule has 1 saturated heterocycles. The molecule has 0 spiro atoms. The fourth-order valence-electron chi connectivity index (χ4n) is 3.53. The summed E-state index contributed by atoms with van der Waals surface area (Å²) in [6.07, 6.45) is 5.19.